The third-order valence-corrected chi connectivity index (χ3v) is 6.63. The third kappa shape index (κ3) is 6.62. The van der Waals surface area contributed by atoms with Gasteiger partial charge in [-0.25, -0.2) is 0 Å². The lowest BCUT2D eigenvalue weighted by molar-refractivity contribution is -0.137. The Morgan fingerprint density at radius 1 is 1.11 bits per heavy atom. The quantitative estimate of drug-likeness (QED) is 0.572. The summed E-state index contributed by atoms with van der Waals surface area (Å²) in [6, 6.07) is 4.83. The van der Waals surface area contributed by atoms with Crippen molar-refractivity contribution in [3.63, 3.8) is 0 Å². The summed E-state index contributed by atoms with van der Waals surface area (Å²) in [6.07, 6.45) is -0.430. The number of ether oxygens (including phenoxy) is 1. The molecule has 1 saturated heterocycles. The first-order chi connectivity index (χ1) is 16.6. The van der Waals surface area contributed by atoms with Gasteiger partial charge in [-0.1, -0.05) is 30.1 Å². The van der Waals surface area contributed by atoms with E-state index in [2.05, 4.69) is 34.5 Å². The Bertz CT molecular complexity index is 992. The summed E-state index contributed by atoms with van der Waals surface area (Å²) in [5.74, 6) is -0.0217. The molecule has 0 atom stereocenters. The average Bonchev–Trinajstić information content (AvgIpc) is 3.47. The number of carbonyl (C=O) groups excluding carboxylic acids is 1. The van der Waals surface area contributed by atoms with Gasteiger partial charge in [-0.3, -0.25) is 9.69 Å². The maximum Gasteiger partial charge on any atom is 0.416 e. The molecule has 35 heavy (non-hydrogen) atoms. The smallest absolute Gasteiger partial charge is 0.379 e. The standard InChI is InChI=1S/C25H33F3N4O3/c1-24(2,16-32-11-13-34-14-12-32)29-15-20-21(23(33)30-19-5-3-4-6-19)31-35-22(20)17-7-9-18(10-8-17)25(26,27)28/h7-10,19,29H,3-6,11-16H2,1-2H3,(H,30,33). The summed E-state index contributed by atoms with van der Waals surface area (Å²) in [5, 5.41) is 10.6. The second kappa shape index (κ2) is 10.7. The van der Waals surface area contributed by atoms with Gasteiger partial charge in [0.1, 0.15) is 0 Å². The highest BCUT2D eigenvalue weighted by molar-refractivity contribution is 5.95. The van der Waals surface area contributed by atoms with Crippen molar-refractivity contribution in [1.82, 2.24) is 20.7 Å². The van der Waals surface area contributed by atoms with E-state index in [0.29, 0.717) is 30.1 Å². The van der Waals surface area contributed by atoms with E-state index in [-0.39, 0.29) is 29.7 Å². The number of hydrogen-bond donors (Lipinski definition) is 2. The first-order valence-electron chi connectivity index (χ1n) is 12.1. The highest BCUT2D eigenvalue weighted by Gasteiger charge is 2.32. The summed E-state index contributed by atoms with van der Waals surface area (Å²) >= 11 is 0. The zero-order valence-corrected chi connectivity index (χ0v) is 20.2. The third-order valence-electron chi connectivity index (χ3n) is 6.63. The lowest BCUT2D eigenvalue weighted by Crippen LogP contribution is -2.51. The van der Waals surface area contributed by atoms with Crippen LogP contribution < -0.4 is 10.6 Å². The zero-order chi connectivity index (χ0) is 25.1. The highest BCUT2D eigenvalue weighted by atomic mass is 19.4. The van der Waals surface area contributed by atoms with Crippen LogP contribution in [0.2, 0.25) is 0 Å². The number of hydrogen-bond acceptors (Lipinski definition) is 6. The molecule has 0 unspecified atom stereocenters. The Balaban J connectivity index is 1.56. The van der Waals surface area contributed by atoms with Gasteiger partial charge in [-0.2, -0.15) is 13.2 Å². The Labute approximate surface area is 203 Å². The van der Waals surface area contributed by atoms with E-state index >= 15 is 0 Å². The molecular weight excluding hydrogens is 461 g/mol. The fourth-order valence-corrected chi connectivity index (χ4v) is 4.71. The van der Waals surface area contributed by atoms with E-state index in [1.165, 1.54) is 12.1 Å². The van der Waals surface area contributed by atoms with Gasteiger partial charge in [0, 0.05) is 48.9 Å². The lowest BCUT2D eigenvalue weighted by Gasteiger charge is -2.35. The number of nitrogens with zero attached hydrogens (tertiary/aromatic N) is 2. The van der Waals surface area contributed by atoms with E-state index in [1.54, 1.807) is 0 Å². The van der Waals surface area contributed by atoms with Gasteiger partial charge < -0.3 is 19.9 Å². The minimum absolute atomic E-state index is 0.104. The van der Waals surface area contributed by atoms with Crippen LogP contribution in [-0.4, -0.2) is 60.4 Å². The highest BCUT2D eigenvalue weighted by Crippen LogP contribution is 2.33. The predicted octanol–water partition coefficient (Wildman–Crippen LogP) is 4.23. The number of morpholine rings is 1. The number of amides is 1. The molecule has 2 heterocycles. The number of alkyl halides is 3. The van der Waals surface area contributed by atoms with Crippen molar-refractivity contribution in [2.75, 3.05) is 32.8 Å². The summed E-state index contributed by atoms with van der Waals surface area (Å²) in [7, 11) is 0. The molecule has 1 aliphatic carbocycles. The van der Waals surface area contributed by atoms with Crippen molar-refractivity contribution in [1.29, 1.82) is 0 Å². The summed E-state index contributed by atoms with van der Waals surface area (Å²) in [4.78, 5) is 15.4. The van der Waals surface area contributed by atoms with Crippen molar-refractivity contribution in [2.45, 2.75) is 63.8 Å². The maximum atomic E-state index is 13.1. The number of aromatic nitrogens is 1. The molecule has 2 aliphatic rings. The number of benzene rings is 1. The molecule has 2 fully saturated rings. The molecule has 4 rings (SSSR count). The maximum absolute atomic E-state index is 13.1. The van der Waals surface area contributed by atoms with Crippen LogP contribution in [0, 0.1) is 0 Å². The van der Waals surface area contributed by atoms with Crippen LogP contribution in [0.4, 0.5) is 13.2 Å². The van der Waals surface area contributed by atoms with Crippen LogP contribution in [0.5, 0.6) is 0 Å². The number of rotatable bonds is 8. The fourth-order valence-electron chi connectivity index (χ4n) is 4.71. The topological polar surface area (TPSA) is 79.6 Å². The van der Waals surface area contributed by atoms with Crippen molar-refractivity contribution in [3.8, 4) is 11.3 Å². The van der Waals surface area contributed by atoms with Crippen LogP contribution in [0.15, 0.2) is 28.8 Å². The first kappa shape index (κ1) is 25.7. The molecule has 1 aromatic heterocycles. The molecule has 0 bridgehead atoms. The Morgan fingerprint density at radius 2 is 1.77 bits per heavy atom. The molecule has 1 amide bonds. The van der Waals surface area contributed by atoms with Gasteiger partial charge in [0.25, 0.3) is 5.91 Å². The van der Waals surface area contributed by atoms with Gasteiger partial charge in [-0.05, 0) is 38.8 Å². The van der Waals surface area contributed by atoms with Crippen LogP contribution >= 0.6 is 0 Å². The number of nitrogens with one attached hydrogen (secondary N) is 2. The molecule has 1 aliphatic heterocycles. The number of halogens is 3. The molecule has 10 heteroatoms. The van der Waals surface area contributed by atoms with Gasteiger partial charge in [0.2, 0.25) is 0 Å². The van der Waals surface area contributed by atoms with Gasteiger partial charge >= 0.3 is 6.18 Å². The van der Waals surface area contributed by atoms with E-state index in [9.17, 15) is 18.0 Å². The molecule has 2 N–H and O–H groups in total. The van der Waals surface area contributed by atoms with Crippen LogP contribution in [0.1, 0.15) is 61.1 Å². The van der Waals surface area contributed by atoms with Gasteiger partial charge in [-0.15, -0.1) is 0 Å². The summed E-state index contributed by atoms with van der Waals surface area (Å²) < 4.78 is 50.1. The SMILES string of the molecule is CC(C)(CN1CCOCC1)NCc1c(C(=O)NC2CCCC2)noc1-c1ccc(C(F)(F)F)cc1. The van der Waals surface area contributed by atoms with Crippen molar-refractivity contribution in [3.05, 3.63) is 41.1 Å². The summed E-state index contributed by atoms with van der Waals surface area (Å²) in [5.41, 5.74) is 0.0989. The minimum Gasteiger partial charge on any atom is -0.379 e. The second-order valence-corrected chi connectivity index (χ2v) is 9.99. The van der Waals surface area contributed by atoms with Crippen LogP contribution in [0.25, 0.3) is 11.3 Å². The van der Waals surface area contributed by atoms with Crippen molar-refractivity contribution >= 4 is 5.91 Å². The monoisotopic (exact) mass is 494 g/mol. The van der Waals surface area contributed by atoms with Crippen LogP contribution in [-0.2, 0) is 17.5 Å². The molecule has 1 saturated carbocycles. The van der Waals surface area contributed by atoms with Gasteiger partial charge in [0.15, 0.2) is 11.5 Å². The van der Waals surface area contributed by atoms with Crippen molar-refractivity contribution < 1.29 is 27.2 Å². The Hall–Kier alpha value is -2.43. The van der Waals surface area contributed by atoms with E-state index in [0.717, 1.165) is 57.5 Å². The molecule has 0 radical (unpaired) electrons. The Morgan fingerprint density at radius 3 is 2.40 bits per heavy atom. The normalized spacial score (nSPS) is 18.2. The molecule has 2 aromatic rings. The molecular formula is C25H33F3N4O3. The molecule has 7 nitrogen and oxygen atoms in total. The minimum atomic E-state index is -4.43. The molecule has 192 valence electrons. The first-order valence-corrected chi connectivity index (χ1v) is 12.1. The fraction of sp³-hybridized carbons (Fsp3) is 0.600. The largest absolute Gasteiger partial charge is 0.416 e. The lowest BCUT2D eigenvalue weighted by atomic mass is 10.0. The molecule has 0 spiro atoms. The summed E-state index contributed by atoms with van der Waals surface area (Å²) in [6.45, 7) is 8.31. The van der Waals surface area contributed by atoms with Crippen molar-refractivity contribution in [2.24, 2.45) is 0 Å². The molecule has 1 aromatic carbocycles. The number of carbonyl (C=O) groups is 1. The van der Waals surface area contributed by atoms with E-state index in [4.69, 9.17) is 9.26 Å². The zero-order valence-electron chi connectivity index (χ0n) is 20.2. The van der Waals surface area contributed by atoms with Crippen LogP contribution in [0.3, 0.4) is 0 Å². The predicted molar refractivity (Wildman–Crippen MR) is 125 cm³/mol. The van der Waals surface area contributed by atoms with E-state index < -0.39 is 11.7 Å². The van der Waals surface area contributed by atoms with E-state index in [1.807, 2.05) is 0 Å². The second-order valence-electron chi connectivity index (χ2n) is 9.99. The van der Waals surface area contributed by atoms with Gasteiger partial charge in [0.05, 0.1) is 18.8 Å². The average molecular weight is 495 g/mol. The Kier molecular flexibility index (Phi) is 7.83.